The molecule has 2 heterocycles. The number of hydrogen-bond donors (Lipinski definition) is 1. The molecule has 144 valence electrons. The minimum atomic E-state index is -3.91. The molecule has 0 spiro atoms. The third-order valence-corrected chi connectivity index (χ3v) is 6.35. The molecular weight excluding hydrogens is 392 g/mol. The van der Waals surface area contributed by atoms with Crippen molar-refractivity contribution in [1.82, 2.24) is 4.90 Å². The maximum Gasteiger partial charge on any atom is 0.340 e. The molecule has 0 radical (unpaired) electrons. The van der Waals surface area contributed by atoms with Crippen LogP contribution in [0.5, 0.6) is 0 Å². The zero-order chi connectivity index (χ0) is 19.4. The lowest BCUT2D eigenvalue weighted by Gasteiger charge is -2.30. The minimum Gasteiger partial charge on any atom is -0.444 e. The molecule has 1 atom stereocenters. The van der Waals surface area contributed by atoms with E-state index in [2.05, 4.69) is 0 Å². The molecule has 2 N–H and O–H groups in total. The van der Waals surface area contributed by atoms with E-state index in [4.69, 9.17) is 14.6 Å². The van der Waals surface area contributed by atoms with E-state index in [9.17, 15) is 18.0 Å². The van der Waals surface area contributed by atoms with Crippen LogP contribution in [0.15, 0.2) is 46.0 Å². The van der Waals surface area contributed by atoms with E-state index < -0.39 is 22.1 Å². The standard InChI is InChI=1S/C17H18N2O6S2/c18-27(22,23)14-10-13(11-26-14)17(21)25-15(12-4-2-1-3-5-12)16(20)19-6-8-24-9-7-19/h1-5,10-11,15H,6-9H2,(H2,18,22,23). The van der Waals surface area contributed by atoms with E-state index in [-0.39, 0.29) is 15.7 Å². The van der Waals surface area contributed by atoms with Gasteiger partial charge < -0.3 is 14.4 Å². The second-order valence-corrected chi connectivity index (χ2v) is 8.53. The Morgan fingerprint density at radius 2 is 1.85 bits per heavy atom. The predicted molar refractivity (Wildman–Crippen MR) is 97.7 cm³/mol. The fraction of sp³-hybridized carbons (Fsp3) is 0.294. The Labute approximate surface area is 160 Å². The second-order valence-electron chi connectivity index (χ2n) is 5.83. The highest BCUT2D eigenvalue weighted by Gasteiger charge is 2.31. The van der Waals surface area contributed by atoms with Crippen molar-refractivity contribution in [1.29, 1.82) is 0 Å². The van der Waals surface area contributed by atoms with Crippen molar-refractivity contribution in [3.63, 3.8) is 0 Å². The van der Waals surface area contributed by atoms with Gasteiger partial charge in [0.2, 0.25) is 16.1 Å². The van der Waals surface area contributed by atoms with Crippen LogP contribution in [0.1, 0.15) is 22.0 Å². The van der Waals surface area contributed by atoms with Gasteiger partial charge in [0, 0.05) is 24.0 Å². The number of hydrogen-bond acceptors (Lipinski definition) is 7. The van der Waals surface area contributed by atoms with E-state index in [1.54, 1.807) is 35.2 Å². The Kier molecular flexibility index (Phi) is 5.90. The van der Waals surface area contributed by atoms with Crippen LogP contribution in [-0.2, 0) is 24.3 Å². The zero-order valence-electron chi connectivity index (χ0n) is 14.2. The van der Waals surface area contributed by atoms with Gasteiger partial charge in [-0.2, -0.15) is 0 Å². The maximum atomic E-state index is 12.9. The summed E-state index contributed by atoms with van der Waals surface area (Å²) in [5.41, 5.74) is 0.559. The van der Waals surface area contributed by atoms with E-state index in [0.717, 1.165) is 17.4 Å². The fourth-order valence-electron chi connectivity index (χ4n) is 2.59. The molecule has 0 saturated carbocycles. The largest absolute Gasteiger partial charge is 0.444 e. The van der Waals surface area contributed by atoms with Crippen LogP contribution in [0.3, 0.4) is 0 Å². The van der Waals surface area contributed by atoms with E-state index in [1.165, 1.54) is 5.38 Å². The first kappa shape index (κ1) is 19.5. The molecule has 1 amide bonds. The maximum absolute atomic E-state index is 12.9. The lowest BCUT2D eigenvalue weighted by atomic mass is 10.1. The summed E-state index contributed by atoms with van der Waals surface area (Å²) in [7, 11) is -3.91. The van der Waals surface area contributed by atoms with Gasteiger partial charge in [0.15, 0.2) is 0 Å². The SMILES string of the molecule is NS(=O)(=O)c1cc(C(=O)OC(C(=O)N2CCOCC2)c2ccccc2)cs1. The number of thiophene rings is 1. The van der Waals surface area contributed by atoms with Gasteiger partial charge in [0.1, 0.15) is 4.21 Å². The summed E-state index contributed by atoms with van der Waals surface area (Å²) in [5.74, 6) is -1.14. The van der Waals surface area contributed by atoms with Crippen LogP contribution in [0, 0.1) is 0 Å². The van der Waals surface area contributed by atoms with Gasteiger partial charge in [-0.1, -0.05) is 30.3 Å². The number of ether oxygens (including phenoxy) is 2. The molecule has 1 saturated heterocycles. The van der Waals surface area contributed by atoms with Crippen LogP contribution in [0.2, 0.25) is 0 Å². The van der Waals surface area contributed by atoms with Crippen LogP contribution < -0.4 is 5.14 Å². The molecule has 27 heavy (non-hydrogen) atoms. The molecule has 2 aromatic rings. The van der Waals surface area contributed by atoms with E-state index in [0.29, 0.717) is 31.9 Å². The predicted octanol–water partition coefficient (Wildman–Crippen LogP) is 1.15. The third-order valence-electron chi connectivity index (χ3n) is 3.97. The fourth-order valence-corrected chi connectivity index (χ4v) is 4.16. The Morgan fingerprint density at radius 1 is 1.19 bits per heavy atom. The molecule has 1 aliphatic rings. The summed E-state index contributed by atoms with van der Waals surface area (Å²) in [6.45, 7) is 1.66. The van der Waals surface area contributed by atoms with Crippen molar-refractivity contribution in [3.8, 4) is 0 Å². The Bertz CT molecular complexity index is 920. The third kappa shape index (κ3) is 4.72. The van der Waals surface area contributed by atoms with Crippen molar-refractivity contribution in [3.05, 3.63) is 52.9 Å². The molecule has 1 aromatic heterocycles. The number of esters is 1. The van der Waals surface area contributed by atoms with Crippen LogP contribution in [-0.4, -0.2) is 51.5 Å². The normalized spacial score (nSPS) is 16.0. The summed E-state index contributed by atoms with van der Waals surface area (Å²) in [6.07, 6.45) is -1.13. The number of carbonyl (C=O) groups is 2. The molecule has 1 fully saturated rings. The second kappa shape index (κ2) is 8.17. The van der Waals surface area contributed by atoms with Crippen molar-refractivity contribution in [2.24, 2.45) is 5.14 Å². The summed E-state index contributed by atoms with van der Waals surface area (Å²) in [5, 5.41) is 6.40. The van der Waals surface area contributed by atoms with Gasteiger partial charge in [-0.3, -0.25) is 4.79 Å². The number of morpholine rings is 1. The first-order chi connectivity index (χ1) is 12.9. The van der Waals surface area contributed by atoms with E-state index >= 15 is 0 Å². The molecule has 10 heteroatoms. The van der Waals surface area contributed by atoms with Crippen molar-refractivity contribution < 1.29 is 27.5 Å². The highest BCUT2D eigenvalue weighted by atomic mass is 32.2. The number of carbonyl (C=O) groups excluding carboxylic acids is 2. The number of benzene rings is 1. The van der Waals surface area contributed by atoms with Gasteiger partial charge in [-0.15, -0.1) is 11.3 Å². The molecule has 1 aromatic carbocycles. The Morgan fingerprint density at radius 3 is 2.44 bits per heavy atom. The quantitative estimate of drug-likeness (QED) is 0.740. The minimum absolute atomic E-state index is 0.0275. The Balaban J connectivity index is 1.83. The van der Waals surface area contributed by atoms with Gasteiger partial charge in [-0.05, 0) is 6.07 Å². The molecule has 0 aliphatic carbocycles. The molecule has 3 rings (SSSR count). The number of amides is 1. The molecule has 8 nitrogen and oxygen atoms in total. The highest BCUT2D eigenvalue weighted by Crippen LogP contribution is 2.25. The first-order valence-electron chi connectivity index (χ1n) is 8.10. The van der Waals surface area contributed by atoms with Gasteiger partial charge in [0.05, 0.1) is 18.8 Å². The number of primary sulfonamides is 1. The number of nitrogens with two attached hydrogens (primary N) is 1. The first-order valence-corrected chi connectivity index (χ1v) is 10.5. The number of nitrogens with zero attached hydrogens (tertiary/aromatic N) is 1. The lowest BCUT2D eigenvalue weighted by molar-refractivity contribution is -0.145. The van der Waals surface area contributed by atoms with Crippen LogP contribution in [0.25, 0.3) is 0 Å². The molecular formula is C17H18N2O6S2. The average Bonchev–Trinajstić information content (AvgIpc) is 3.18. The van der Waals surface area contributed by atoms with Crippen LogP contribution >= 0.6 is 11.3 Å². The molecule has 1 aliphatic heterocycles. The van der Waals surface area contributed by atoms with Crippen molar-refractivity contribution in [2.45, 2.75) is 10.3 Å². The average molecular weight is 410 g/mol. The number of sulfonamides is 1. The summed E-state index contributed by atoms with van der Waals surface area (Å²) in [4.78, 5) is 27.0. The van der Waals surface area contributed by atoms with Gasteiger partial charge in [0.25, 0.3) is 5.91 Å². The van der Waals surface area contributed by atoms with Gasteiger partial charge >= 0.3 is 5.97 Å². The molecule has 1 unspecified atom stereocenters. The summed E-state index contributed by atoms with van der Waals surface area (Å²) < 4.78 is 33.3. The van der Waals surface area contributed by atoms with E-state index in [1.807, 2.05) is 0 Å². The van der Waals surface area contributed by atoms with Crippen molar-refractivity contribution in [2.75, 3.05) is 26.3 Å². The van der Waals surface area contributed by atoms with Crippen molar-refractivity contribution >= 4 is 33.2 Å². The lowest BCUT2D eigenvalue weighted by Crippen LogP contribution is -2.44. The summed E-state index contributed by atoms with van der Waals surface area (Å²) in [6, 6.07) is 9.81. The van der Waals surface area contributed by atoms with Gasteiger partial charge in [-0.25, -0.2) is 18.4 Å². The van der Waals surface area contributed by atoms with Crippen LogP contribution in [0.4, 0.5) is 0 Å². The number of rotatable bonds is 5. The molecule has 0 bridgehead atoms. The monoisotopic (exact) mass is 410 g/mol. The Hall–Kier alpha value is -2.27. The summed E-state index contributed by atoms with van der Waals surface area (Å²) >= 11 is 0.819. The topological polar surface area (TPSA) is 116 Å². The zero-order valence-corrected chi connectivity index (χ0v) is 15.9. The smallest absolute Gasteiger partial charge is 0.340 e. The highest BCUT2D eigenvalue weighted by molar-refractivity contribution is 7.91.